The summed E-state index contributed by atoms with van der Waals surface area (Å²) in [7, 11) is 6.19. The smallest absolute Gasteiger partial charge is 0.104 e. The summed E-state index contributed by atoms with van der Waals surface area (Å²) in [5.74, 6) is -0.148. The second-order valence-corrected chi connectivity index (χ2v) is 7.04. The second kappa shape index (κ2) is 12.2. The molecule has 1 N–H and O–H groups in total. The fourth-order valence-electron chi connectivity index (χ4n) is 1.97. The minimum absolute atomic E-state index is 0.185. The summed E-state index contributed by atoms with van der Waals surface area (Å²) >= 11 is 0. The number of quaternary nitrogens is 1. The van der Waals surface area contributed by atoms with Gasteiger partial charge in [0.15, 0.2) is 0 Å². The normalized spacial score (nSPS) is 12.8. The first kappa shape index (κ1) is 21.7. The van der Waals surface area contributed by atoms with Crippen molar-refractivity contribution in [3.8, 4) is 0 Å². The maximum absolute atomic E-state index is 10.0. The van der Waals surface area contributed by atoms with E-state index in [9.17, 15) is 9.90 Å². The highest BCUT2D eigenvalue weighted by Crippen LogP contribution is 2.09. The lowest BCUT2D eigenvalue weighted by Gasteiger charge is -2.24. The number of carboxylic acids is 1. The Hall–Kier alpha value is -0.610. The van der Waals surface area contributed by atoms with Crippen LogP contribution in [0.2, 0.25) is 0 Å². The number of nitrogens with zero attached hydrogens (tertiary/aromatic N) is 1. The van der Waals surface area contributed by atoms with Crippen LogP contribution in [0.1, 0.15) is 59.3 Å². The molecular formula is C16H35NO3. The molecule has 0 aromatic rings. The van der Waals surface area contributed by atoms with Gasteiger partial charge in [-0.25, -0.2) is 0 Å². The summed E-state index contributed by atoms with van der Waals surface area (Å²) in [5, 5.41) is 18.9. The summed E-state index contributed by atoms with van der Waals surface area (Å²) in [6, 6.07) is 0. The molecule has 0 heterocycles. The Morgan fingerprint density at radius 1 is 1.05 bits per heavy atom. The Kier molecular flexibility index (Phi) is 13.2. The number of aliphatic hydroxyl groups excluding tert-OH is 1. The Bertz CT molecular complexity index is 232. The molecule has 0 bridgehead atoms. The van der Waals surface area contributed by atoms with E-state index in [4.69, 9.17) is 5.11 Å². The zero-order valence-corrected chi connectivity index (χ0v) is 14.3. The predicted octanol–water partition coefficient (Wildman–Crippen LogP) is 1.81. The topological polar surface area (TPSA) is 60.4 Å². The van der Waals surface area contributed by atoms with Crippen LogP contribution in [0.5, 0.6) is 0 Å². The van der Waals surface area contributed by atoms with Crippen molar-refractivity contribution < 1.29 is 19.5 Å². The molecule has 0 aliphatic heterocycles. The van der Waals surface area contributed by atoms with Crippen molar-refractivity contribution in [3.05, 3.63) is 0 Å². The highest BCUT2D eigenvalue weighted by molar-refractivity contribution is 5.63. The molecule has 4 heteroatoms. The predicted molar refractivity (Wildman–Crippen MR) is 82.1 cm³/mol. The van der Waals surface area contributed by atoms with Gasteiger partial charge in [0.2, 0.25) is 0 Å². The van der Waals surface area contributed by atoms with Gasteiger partial charge in [-0.15, -0.1) is 0 Å². The van der Waals surface area contributed by atoms with Gasteiger partial charge >= 0.3 is 0 Å². The quantitative estimate of drug-likeness (QED) is 0.520. The van der Waals surface area contributed by atoms with Crippen molar-refractivity contribution in [1.29, 1.82) is 0 Å². The molecule has 0 rings (SSSR count). The Balaban J connectivity index is 0. The van der Waals surface area contributed by atoms with Crippen molar-refractivity contribution in [2.75, 3.05) is 27.7 Å². The molecule has 0 saturated carbocycles. The molecule has 0 amide bonds. The van der Waals surface area contributed by atoms with Crippen LogP contribution in [0.25, 0.3) is 0 Å². The van der Waals surface area contributed by atoms with Crippen LogP contribution in [0.15, 0.2) is 0 Å². The molecule has 4 nitrogen and oxygen atoms in total. The number of hydrogen-bond acceptors (Lipinski definition) is 3. The Morgan fingerprint density at radius 2 is 1.55 bits per heavy atom. The number of unbranched alkanes of at least 4 members (excludes halogenated alkanes) is 3. The lowest BCUT2D eigenvalue weighted by atomic mass is 10.0. The van der Waals surface area contributed by atoms with E-state index in [-0.39, 0.29) is 12.5 Å². The van der Waals surface area contributed by atoms with Gasteiger partial charge in [0.25, 0.3) is 0 Å². The molecule has 0 aromatic carbocycles. The Morgan fingerprint density at radius 3 is 1.85 bits per heavy atom. The van der Waals surface area contributed by atoms with Crippen molar-refractivity contribution in [2.24, 2.45) is 5.92 Å². The molecule has 0 aliphatic rings. The number of aliphatic hydroxyl groups is 1. The van der Waals surface area contributed by atoms with Crippen molar-refractivity contribution in [2.45, 2.75) is 65.4 Å². The lowest BCUT2D eigenvalue weighted by molar-refractivity contribution is -0.873. The van der Waals surface area contributed by atoms with E-state index in [1.54, 1.807) is 0 Å². The third kappa shape index (κ3) is 26.1. The van der Waals surface area contributed by atoms with E-state index in [2.05, 4.69) is 35.0 Å². The third-order valence-corrected chi connectivity index (χ3v) is 2.72. The fraction of sp³-hybridized carbons (Fsp3) is 0.938. The van der Waals surface area contributed by atoms with Crippen LogP contribution in [0.4, 0.5) is 0 Å². The second-order valence-electron chi connectivity index (χ2n) is 7.04. The maximum Gasteiger partial charge on any atom is 0.104 e. The van der Waals surface area contributed by atoms with Crippen molar-refractivity contribution in [3.63, 3.8) is 0 Å². The molecule has 1 atom stereocenters. The Labute approximate surface area is 125 Å². The first-order chi connectivity index (χ1) is 9.04. The van der Waals surface area contributed by atoms with Gasteiger partial charge in [-0.2, -0.15) is 0 Å². The van der Waals surface area contributed by atoms with Crippen molar-refractivity contribution in [1.82, 2.24) is 0 Å². The summed E-state index contributed by atoms with van der Waals surface area (Å²) in [6.45, 7) is 7.05. The first-order valence-corrected chi connectivity index (χ1v) is 7.73. The number of hydrogen-bond donors (Lipinski definition) is 1. The standard InChI is InChI=1S/C10H20O2.C6H16NO/c1-9(2)7-5-3-4-6-8-10(11)12;1-6(8)5-7(2,3)4/h9H,3-8H2,1-2H3,(H,11,12);6,8H,5H2,1-4H3/q;+1/p-1. The molecule has 20 heavy (non-hydrogen) atoms. The summed E-state index contributed by atoms with van der Waals surface area (Å²) < 4.78 is 0.831. The number of aliphatic carboxylic acids is 1. The maximum atomic E-state index is 10.0. The number of carboxylic acid groups (broad SMARTS) is 1. The number of likely N-dealkylation sites (N-methyl/N-ethyl adjacent to an activating group) is 1. The number of carbonyl (C=O) groups excluding carboxylic acids is 1. The SMILES string of the molecule is CC(C)CCCCCCC(=O)[O-].CC(O)C[N+](C)(C)C. The molecule has 1 unspecified atom stereocenters. The molecule has 0 aromatic heterocycles. The average molecular weight is 289 g/mol. The zero-order valence-electron chi connectivity index (χ0n) is 14.3. The van der Waals surface area contributed by atoms with E-state index >= 15 is 0 Å². The average Bonchev–Trinajstić information content (AvgIpc) is 2.19. The van der Waals surface area contributed by atoms with Crippen LogP contribution < -0.4 is 5.11 Å². The number of rotatable bonds is 9. The minimum atomic E-state index is -0.918. The minimum Gasteiger partial charge on any atom is -0.550 e. The molecule has 0 fully saturated rings. The molecule has 0 saturated heterocycles. The monoisotopic (exact) mass is 289 g/mol. The van der Waals surface area contributed by atoms with E-state index < -0.39 is 5.97 Å². The lowest BCUT2D eigenvalue weighted by Crippen LogP contribution is -2.40. The molecular weight excluding hydrogens is 254 g/mol. The van der Waals surface area contributed by atoms with E-state index in [1.165, 1.54) is 12.8 Å². The summed E-state index contributed by atoms with van der Waals surface area (Å²) in [5.41, 5.74) is 0. The van der Waals surface area contributed by atoms with Crippen LogP contribution in [0, 0.1) is 5.92 Å². The van der Waals surface area contributed by atoms with E-state index in [0.717, 1.165) is 36.2 Å². The van der Waals surface area contributed by atoms with Gasteiger partial charge in [-0.1, -0.05) is 39.5 Å². The fourth-order valence-corrected chi connectivity index (χ4v) is 1.97. The van der Waals surface area contributed by atoms with Gasteiger partial charge in [-0.05, 0) is 25.7 Å². The molecule has 122 valence electrons. The van der Waals surface area contributed by atoms with Crippen LogP contribution in [-0.4, -0.2) is 49.4 Å². The molecule has 0 radical (unpaired) electrons. The number of carbonyl (C=O) groups is 1. The van der Waals surface area contributed by atoms with Gasteiger partial charge in [0.05, 0.1) is 21.1 Å². The van der Waals surface area contributed by atoms with Gasteiger partial charge < -0.3 is 19.5 Å². The summed E-state index contributed by atoms with van der Waals surface area (Å²) in [6.07, 6.45) is 5.49. The molecule has 0 spiro atoms. The highest BCUT2D eigenvalue weighted by Gasteiger charge is 2.09. The zero-order chi connectivity index (χ0) is 16.2. The summed E-state index contributed by atoms with van der Waals surface area (Å²) in [4.78, 5) is 10.0. The van der Waals surface area contributed by atoms with E-state index in [1.807, 2.05) is 6.92 Å². The van der Waals surface area contributed by atoms with E-state index in [0.29, 0.717) is 0 Å². The van der Waals surface area contributed by atoms with Gasteiger partial charge in [0.1, 0.15) is 12.6 Å². The highest BCUT2D eigenvalue weighted by atomic mass is 16.4. The van der Waals surface area contributed by atoms with Crippen molar-refractivity contribution >= 4 is 5.97 Å². The largest absolute Gasteiger partial charge is 0.550 e. The van der Waals surface area contributed by atoms with Crippen LogP contribution >= 0.6 is 0 Å². The van der Waals surface area contributed by atoms with Gasteiger partial charge in [0, 0.05) is 5.97 Å². The van der Waals surface area contributed by atoms with Crippen LogP contribution in [0.3, 0.4) is 0 Å². The third-order valence-electron chi connectivity index (χ3n) is 2.72. The molecule has 0 aliphatic carbocycles. The van der Waals surface area contributed by atoms with Crippen LogP contribution in [-0.2, 0) is 4.79 Å². The van der Waals surface area contributed by atoms with Gasteiger partial charge in [-0.3, -0.25) is 0 Å². The first-order valence-electron chi connectivity index (χ1n) is 7.73.